The molecule has 0 bridgehead atoms. The summed E-state index contributed by atoms with van der Waals surface area (Å²) in [6.07, 6.45) is 2.79. The number of carbonyl (C=O) groups excluding carboxylic acids is 1. The molecular weight excluding hydrogens is 404 g/mol. The fourth-order valence-electron chi connectivity index (χ4n) is 3.79. The molecule has 0 radical (unpaired) electrons. The van der Waals surface area contributed by atoms with E-state index in [1.165, 1.54) is 39.0 Å². The molecule has 1 amide bonds. The lowest BCUT2D eigenvalue weighted by Gasteiger charge is -2.28. The van der Waals surface area contributed by atoms with Crippen LogP contribution in [0.1, 0.15) is 47.3 Å². The smallest absolute Gasteiger partial charge is 0.254 e. The lowest BCUT2D eigenvalue weighted by molar-refractivity contribution is 0.0933. The number of nitrogens with one attached hydrogen (secondary N) is 1. The Morgan fingerprint density at radius 3 is 2.50 bits per heavy atom. The highest BCUT2D eigenvalue weighted by atomic mass is 32.2. The molecular formula is C22H28N2O5S. The molecule has 0 saturated carbocycles. The summed E-state index contributed by atoms with van der Waals surface area (Å²) in [5.41, 5.74) is 2.80. The number of methoxy groups -OCH3 is 2. The number of fused-ring (bicyclic) bond motifs is 1. The highest BCUT2D eigenvalue weighted by molar-refractivity contribution is 7.92. The third-order valence-corrected chi connectivity index (χ3v) is 7.30. The van der Waals surface area contributed by atoms with Gasteiger partial charge in [0.15, 0.2) is 11.5 Å². The van der Waals surface area contributed by atoms with Gasteiger partial charge < -0.3 is 14.8 Å². The van der Waals surface area contributed by atoms with Gasteiger partial charge in [0.1, 0.15) is 0 Å². The minimum atomic E-state index is -3.58. The van der Waals surface area contributed by atoms with Crippen LogP contribution >= 0.6 is 0 Å². The van der Waals surface area contributed by atoms with Crippen LogP contribution in [0.15, 0.2) is 36.4 Å². The summed E-state index contributed by atoms with van der Waals surface area (Å²) in [5.74, 6) is 0.267. The molecule has 1 N–H and O–H groups in total. The van der Waals surface area contributed by atoms with Gasteiger partial charge in [0.2, 0.25) is 10.0 Å². The van der Waals surface area contributed by atoms with Crippen LogP contribution in [-0.2, 0) is 16.4 Å². The van der Waals surface area contributed by atoms with Gasteiger partial charge in [-0.15, -0.1) is 0 Å². The zero-order valence-electron chi connectivity index (χ0n) is 17.8. The summed E-state index contributed by atoms with van der Waals surface area (Å²) in [5, 5.41) is 3.09. The van der Waals surface area contributed by atoms with Gasteiger partial charge >= 0.3 is 0 Å². The van der Waals surface area contributed by atoms with Gasteiger partial charge in [-0.2, -0.15) is 0 Å². The first-order chi connectivity index (χ1) is 14.3. The number of amides is 1. The van der Waals surface area contributed by atoms with Crippen molar-refractivity contribution in [3.63, 3.8) is 0 Å². The Labute approximate surface area is 178 Å². The van der Waals surface area contributed by atoms with Crippen molar-refractivity contribution in [3.8, 4) is 11.5 Å². The fourth-order valence-corrected chi connectivity index (χ4v) is 4.63. The number of benzene rings is 2. The van der Waals surface area contributed by atoms with Crippen LogP contribution in [0, 0.1) is 0 Å². The van der Waals surface area contributed by atoms with Crippen LogP contribution in [0.3, 0.4) is 0 Å². The molecule has 0 saturated heterocycles. The number of aryl methyl sites for hydroxylation is 1. The van der Waals surface area contributed by atoms with Crippen LogP contribution in [0.25, 0.3) is 0 Å². The molecule has 7 nitrogen and oxygen atoms in total. The summed E-state index contributed by atoms with van der Waals surface area (Å²) in [6.45, 7) is 1.56. The topological polar surface area (TPSA) is 84.9 Å². The lowest BCUT2D eigenvalue weighted by atomic mass is 9.87. The molecule has 1 atom stereocenters. The van der Waals surface area contributed by atoms with E-state index >= 15 is 0 Å². The molecule has 0 fully saturated rings. The Morgan fingerprint density at radius 1 is 1.17 bits per heavy atom. The Kier molecular flexibility index (Phi) is 6.55. The molecule has 2 aromatic carbocycles. The standard InChI is InChI=1S/C22H28N2O5S/c1-5-30(26,27)24(2)19-14-21(29-4)20(28-3)13-17(19)22(25)23-18-12-8-10-15-9-6-7-11-16(15)18/h6-7,9,11,13-14,18H,5,8,10,12H2,1-4H3,(H,23,25). The van der Waals surface area contributed by atoms with E-state index in [1.807, 2.05) is 18.2 Å². The van der Waals surface area contributed by atoms with Crippen LogP contribution in [0.5, 0.6) is 11.5 Å². The normalized spacial score (nSPS) is 15.8. The molecule has 1 aliphatic rings. The van der Waals surface area contributed by atoms with Crippen molar-refractivity contribution in [2.75, 3.05) is 31.3 Å². The van der Waals surface area contributed by atoms with Crippen molar-refractivity contribution >= 4 is 21.6 Å². The maximum absolute atomic E-state index is 13.3. The Balaban J connectivity index is 2.02. The van der Waals surface area contributed by atoms with Gasteiger partial charge in [-0.25, -0.2) is 8.42 Å². The van der Waals surface area contributed by atoms with Gasteiger partial charge in [0, 0.05) is 13.1 Å². The van der Waals surface area contributed by atoms with E-state index in [0.717, 1.165) is 29.1 Å². The second-order valence-electron chi connectivity index (χ2n) is 7.21. The Morgan fingerprint density at radius 2 is 1.83 bits per heavy atom. The average molecular weight is 433 g/mol. The molecule has 1 aliphatic carbocycles. The van der Waals surface area contributed by atoms with Crippen molar-refractivity contribution in [2.24, 2.45) is 0 Å². The zero-order valence-corrected chi connectivity index (χ0v) is 18.6. The Bertz CT molecular complexity index is 1040. The molecule has 1 unspecified atom stereocenters. The second-order valence-corrected chi connectivity index (χ2v) is 9.50. The van der Waals surface area contributed by atoms with Gasteiger partial charge in [-0.05, 0) is 43.4 Å². The predicted octanol–water partition coefficient (Wildman–Crippen LogP) is 3.30. The van der Waals surface area contributed by atoms with E-state index in [9.17, 15) is 13.2 Å². The van der Waals surface area contributed by atoms with Crippen molar-refractivity contribution in [1.29, 1.82) is 0 Å². The first-order valence-corrected chi connectivity index (χ1v) is 11.5. The number of hydrogen-bond donors (Lipinski definition) is 1. The maximum Gasteiger partial charge on any atom is 0.254 e. The molecule has 3 rings (SSSR count). The summed E-state index contributed by atoms with van der Waals surface area (Å²) in [7, 11) is 0.803. The quantitative estimate of drug-likeness (QED) is 0.726. The third-order valence-electron chi connectivity index (χ3n) is 5.54. The first-order valence-electron chi connectivity index (χ1n) is 9.93. The van der Waals surface area contributed by atoms with E-state index in [1.54, 1.807) is 6.92 Å². The van der Waals surface area contributed by atoms with Gasteiger partial charge in [-0.3, -0.25) is 9.10 Å². The minimum Gasteiger partial charge on any atom is -0.493 e. The molecule has 0 aromatic heterocycles. The van der Waals surface area contributed by atoms with E-state index < -0.39 is 10.0 Å². The molecule has 162 valence electrons. The van der Waals surface area contributed by atoms with Crippen molar-refractivity contribution in [3.05, 3.63) is 53.1 Å². The van der Waals surface area contributed by atoms with Gasteiger partial charge in [0.05, 0.1) is 37.3 Å². The molecule has 0 heterocycles. The number of sulfonamides is 1. The number of ether oxygens (including phenoxy) is 2. The molecule has 30 heavy (non-hydrogen) atoms. The molecule has 2 aromatic rings. The van der Waals surface area contributed by atoms with Crippen LogP contribution < -0.4 is 19.1 Å². The highest BCUT2D eigenvalue weighted by Gasteiger charge is 2.27. The Hall–Kier alpha value is -2.74. The van der Waals surface area contributed by atoms with Crippen LogP contribution in [-0.4, -0.2) is 41.3 Å². The van der Waals surface area contributed by atoms with E-state index in [0.29, 0.717) is 11.5 Å². The molecule has 0 aliphatic heterocycles. The third kappa shape index (κ3) is 4.23. The van der Waals surface area contributed by atoms with Crippen molar-refractivity contribution in [1.82, 2.24) is 5.32 Å². The second kappa shape index (κ2) is 8.95. The molecule has 8 heteroatoms. The lowest BCUT2D eigenvalue weighted by Crippen LogP contribution is -2.34. The van der Waals surface area contributed by atoms with Gasteiger partial charge in [-0.1, -0.05) is 24.3 Å². The summed E-state index contributed by atoms with van der Waals surface area (Å²) >= 11 is 0. The summed E-state index contributed by atoms with van der Waals surface area (Å²) in [6, 6.07) is 11.0. The SMILES string of the molecule is CCS(=O)(=O)N(C)c1cc(OC)c(OC)cc1C(=O)NC1CCCc2ccccc21. The maximum atomic E-state index is 13.3. The van der Waals surface area contributed by atoms with E-state index in [4.69, 9.17) is 9.47 Å². The average Bonchev–Trinajstić information content (AvgIpc) is 2.77. The van der Waals surface area contributed by atoms with Gasteiger partial charge in [0.25, 0.3) is 5.91 Å². The van der Waals surface area contributed by atoms with E-state index in [2.05, 4.69) is 11.4 Å². The number of rotatable bonds is 7. The molecule has 0 spiro atoms. The zero-order chi connectivity index (χ0) is 21.9. The number of anilines is 1. The number of nitrogens with zero attached hydrogens (tertiary/aromatic N) is 1. The minimum absolute atomic E-state index is 0.0884. The van der Waals surface area contributed by atoms with Crippen molar-refractivity contribution in [2.45, 2.75) is 32.2 Å². The highest BCUT2D eigenvalue weighted by Crippen LogP contribution is 2.37. The summed E-state index contributed by atoms with van der Waals surface area (Å²) < 4.78 is 36.8. The number of carbonyl (C=O) groups is 1. The fraction of sp³-hybridized carbons (Fsp3) is 0.409. The largest absolute Gasteiger partial charge is 0.493 e. The van der Waals surface area contributed by atoms with E-state index in [-0.39, 0.29) is 29.0 Å². The van der Waals surface area contributed by atoms with Crippen molar-refractivity contribution < 1.29 is 22.7 Å². The van der Waals surface area contributed by atoms with Crippen LogP contribution in [0.2, 0.25) is 0 Å². The number of hydrogen-bond acceptors (Lipinski definition) is 5. The predicted molar refractivity (Wildman–Crippen MR) is 117 cm³/mol. The summed E-state index contributed by atoms with van der Waals surface area (Å²) in [4.78, 5) is 13.3. The monoisotopic (exact) mass is 432 g/mol. The first kappa shape index (κ1) is 22.0. The van der Waals surface area contributed by atoms with Crippen LogP contribution in [0.4, 0.5) is 5.69 Å².